The van der Waals surface area contributed by atoms with E-state index in [0.29, 0.717) is 11.5 Å². The van der Waals surface area contributed by atoms with Crippen LogP contribution in [0.5, 0.6) is 0 Å². The molecule has 1 aromatic heterocycles. The predicted octanol–water partition coefficient (Wildman–Crippen LogP) is 1.91. The maximum absolute atomic E-state index is 12.3. The molecule has 2 rings (SSSR count). The minimum Gasteiger partial charge on any atom is -0.387 e. The molecular weight excluding hydrogens is 214 g/mol. The molecule has 4 heteroatoms. The number of carbonyl (C=O) groups is 1. The Kier molecular flexibility index (Phi) is 3.31. The van der Waals surface area contributed by atoms with Gasteiger partial charge in [-0.05, 0) is 25.3 Å². The minimum atomic E-state index is 0.0891. The number of amides is 1. The number of nitrogens with zero attached hydrogens (tertiary/aromatic N) is 2. The van der Waals surface area contributed by atoms with E-state index in [9.17, 15) is 4.79 Å². The quantitative estimate of drug-likeness (QED) is 0.848. The lowest BCUT2D eigenvalue weighted by Crippen LogP contribution is -2.29. The monoisotopic (exact) mass is 233 g/mol. The number of carbonyl (C=O) groups excluding carboxylic acids is 1. The predicted molar refractivity (Wildman–Crippen MR) is 68.2 cm³/mol. The number of aromatic nitrogens is 1. The van der Waals surface area contributed by atoms with Gasteiger partial charge in [0.25, 0.3) is 5.91 Å². The van der Waals surface area contributed by atoms with Crippen LogP contribution in [0.2, 0.25) is 0 Å². The number of aryl methyl sites for hydroxylation is 1. The van der Waals surface area contributed by atoms with Crippen LogP contribution < -0.4 is 5.32 Å². The maximum Gasteiger partial charge on any atom is 0.257 e. The molecule has 4 nitrogen and oxygen atoms in total. The van der Waals surface area contributed by atoms with Crippen molar-refractivity contribution in [2.75, 3.05) is 25.5 Å². The molecule has 1 aromatic rings. The smallest absolute Gasteiger partial charge is 0.257 e. The van der Waals surface area contributed by atoms with Gasteiger partial charge in [-0.1, -0.05) is 6.92 Å². The van der Waals surface area contributed by atoms with Crippen molar-refractivity contribution in [1.82, 2.24) is 9.88 Å². The van der Waals surface area contributed by atoms with Crippen LogP contribution in [-0.4, -0.2) is 35.9 Å². The summed E-state index contributed by atoms with van der Waals surface area (Å²) in [7, 11) is 1.83. The summed E-state index contributed by atoms with van der Waals surface area (Å²) in [5.41, 5.74) is 2.45. The molecule has 0 saturated carbocycles. The van der Waals surface area contributed by atoms with Gasteiger partial charge < -0.3 is 10.2 Å². The average Bonchev–Trinajstić information content (AvgIpc) is 2.75. The summed E-state index contributed by atoms with van der Waals surface area (Å²) < 4.78 is 0. The van der Waals surface area contributed by atoms with Gasteiger partial charge in [0.1, 0.15) is 0 Å². The van der Waals surface area contributed by atoms with E-state index < -0.39 is 0 Å². The topological polar surface area (TPSA) is 45.2 Å². The fourth-order valence-electron chi connectivity index (χ4n) is 2.23. The third kappa shape index (κ3) is 2.40. The molecule has 1 aliphatic heterocycles. The summed E-state index contributed by atoms with van der Waals surface area (Å²) in [5, 5.41) is 3.06. The zero-order chi connectivity index (χ0) is 12.4. The van der Waals surface area contributed by atoms with Crippen LogP contribution in [0.4, 0.5) is 5.69 Å². The van der Waals surface area contributed by atoms with Crippen molar-refractivity contribution < 1.29 is 4.79 Å². The van der Waals surface area contributed by atoms with E-state index in [0.717, 1.165) is 30.9 Å². The van der Waals surface area contributed by atoms with Gasteiger partial charge in [-0.15, -0.1) is 0 Å². The van der Waals surface area contributed by atoms with Crippen molar-refractivity contribution >= 4 is 11.6 Å². The molecule has 0 aromatic carbocycles. The summed E-state index contributed by atoms with van der Waals surface area (Å²) in [6.45, 7) is 5.82. The third-order valence-corrected chi connectivity index (χ3v) is 3.25. The molecule has 2 heterocycles. The highest BCUT2D eigenvalue weighted by atomic mass is 16.2. The number of anilines is 1. The number of rotatable bonds is 2. The first kappa shape index (κ1) is 11.9. The van der Waals surface area contributed by atoms with Gasteiger partial charge in [-0.25, -0.2) is 0 Å². The minimum absolute atomic E-state index is 0.0891. The zero-order valence-corrected chi connectivity index (χ0v) is 10.7. The molecule has 92 valence electrons. The Balaban J connectivity index is 2.24. The molecule has 0 spiro atoms. The van der Waals surface area contributed by atoms with Crippen LogP contribution in [0.1, 0.15) is 29.4 Å². The number of hydrogen-bond acceptors (Lipinski definition) is 3. The van der Waals surface area contributed by atoms with E-state index in [2.05, 4.69) is 17.2 Å². The summed E-state index contributed by atoms with van der Waals surface area (Å²) in [5.74, 6) is 0.696. The molecule has 0 bridgehead atoms. The molecule has 1 fully saturated rings. The van der Waals surface area contributed by atoms with E-state index in [1.165, 1.54) is 0 Å². The van der Waals surface area contributed by atoms with Crippen LogP contribution in [0.3, 0.4) is 0 Å². The van der Waals surface area contributed by atoms with Crippen molar-refractivity contribution in [2.24, 2.45) is 5.92 Å². The van der Waals surface area contributed by atoms with Crippen LogP contribution in [0, 0.1) is 12.8 Å². The highest BCUT2D eigenvalue weighted by Gasteiger charge is 2.25. The summed E-state index contributed by atoms with van der Waals surface area (Å²) in [4.78, 5) is 18.5. The third-order valence-electron chi connectivity index (χ3n) is 3.25. The Morgan fingerprint density at radius 2 is 2.35 bits per heavy atom. The van der Waals surface area contributed by atoms with Gasteiger partial charge in [-0.2, -0.15) is 0 Å². The fourth-order valence-corrected chi connectivity index (χ4v) is 2.23. The van der Waals surface area contributed by atoms with E-state index in [-0.39, 0.29) is 5.91 Å². The standard InChI is InChI=1S/C13H19N3O/c1-9-4-5-16(8-9)13(17)11-7-15-10(2)6-12(11)14-3/h6-7,9H,4-5,8H2,1-3H3,(H,14,15). The number of nitrogens with one attached hydrogen (secondary N) is 1. The first-order valence-electron chi connectivity index (χ1n) is 6.05. The molecule has 1 unspecified atom stereocenters. The van der Waals surface area contributed by atoms with Gasteiger partial charge in [0, 0.05) is 32.0 Å². The highest BCUT2D eigenvalue weighted by Crippen LogP contribution is 2.22. The van der Waals surface area contributed by atoms with E-state index in [4.69, 9.17) is 0 Å². The Labute approximate surface area is 102 Å². The van der Waals surface area contributed by atoms with Gasteiger partial charge in [-0.3, -0.25) is 9.78 Å². The molecule has 1 atom stereocenters. The Bertz CT molecular complexity index is 431. The van der Waals surface area contributed by atoms with Gasteiger partial charge in [0.15, 0.2) is 0 Å². The molecule has 0 aliphatic carbocycles. The van der Waals surface area contributed by atoms with E-state index >= 15 is 0 Å². The molecule has 17 heavy (non-hydrogen) atoms. The second-order valence-electron chi connectivity index (χ2n) is 4.77. The fraction of sp³-hybridized carbons (Fsp3) is 0.538. The summed E-state index contributed by atoms with van der Waals surface area (Å²) >= 11 is 0. The zero-order valence-electron chi connectivity index (χ0n) is 10.7. The van der Waals surface area contributed by atoms with Crippen LogP contribution >= 0.6 is 0 Å². The molecule has 0 radical (unpaired) electrons. The molecular formula is C13H19N3O. The van der Waals surface area contributed by atoms with Crippen LogP contribution in [-0.2, 0) is 0 Å². The Hall–Kier alpha value is -1.58. The second-order valence-corrected chi connectivity index (χ2v) is 4.77. The summed E-state index contributed by atoms with van der Waals surface area (Å²) in [6.07, 6.45) is 2.77. The van der Waals surface area contributed by atoms with E-state index in [1.807, 2.05) is 24.9 Å². The van der Waals surface area contributed by atoms with Gasteiger partial charge in [0.05, 0.1) is 11.3 Å². The Morgan fingerprint density at radius 3 is 2.94 bits per heavy atom. The molecule has 1 amide bonds. The largest absolute Gasteiger partial charge is 0.387 e. The maximum atomic E-state index is 12.3. The van der Waals surface area contributed by atoms with Gasteiger partial charge >= 0.3 is 0 Å². The van der Waals surface area contributed by atoms with Crippen molar-refractivity contribution in [1.29, 1.82) is 0 Å². The first-order valence-corrected chi connectivity index (χ1v) is 6.05. The first-order chi connectivity index (χ1) is 8.11. The lowest BCUT2D eigenvalue weighted by atomic mass is 10.1. The highest BCUT2D eigenvalue weighted by molar-refractivity contribution is 5.99. The summed E-state index contributed by atoms with van der Waals surface area (Å²) in [6, 6.07) is 1.91. The number of pyridine rings is 1. The van der Waals surface area contributed by atoms with Gasteiger partial charge in [0.2, 0.25) is 0 Å². The van der Waals surface area contributed by atoms with E-state index in [1.54, 1.807) is 6.20 Å². The SMILES string of the molecule is CNc1cc(C)ncc1C(=O)N1CCC(C)C1. The van der Waals surface area contributed by atoms with Crippen LogP contribution in [0.15, 0.2) is 12.3 Å². The molecule has 1 N–H and O–H groups in total. The van der Waals surface area contributed by atoms with Crippen molar-refractivity contribution in [3.05, 3.63) is 23.5 Å². The molecule has 1 saturated heterocycles. The van der Waals surface area contributed by atoms with Crippen molar-refractivity contribution in [3.8, 4) is 0 Å². The number of likely N-dealkylation sites (tertiary alicyclic amines) is 1. The van der Waals surface area contributed by atoms with Crippen molar-refractivity contribution in [3.63, 3.8) is 0 Å². The molecule has 1 aliphatic rings. The second kappa shape index (κ2) is 4.73. The van der Waals surface area contributed by atoms with Crippen LogP contribution in [0.25, 0.3) is 0 Å². The van der Waals surface area contributed by atoms with Crippen molar-refractivity contribution in [2.45, 2.75) is 20.3 Å². The lowest BCUT2D eigenvalue weighted by molar-refractivity contribution is 0.0788. The normalized spacial score (nSPS) is 19.5. The average molecular weight is 233 g/mol. The Morgan fingerprint density at radius 1 is 1.59 bits per heavy atom. The number of hydrogen-bond donors (Lipinski definition) is 1. The lowest BCUT2D eigenvalue weighted by Gasteiger charge is -2.18.